The van der Waals surface area contributed by atoms with Gasteiger partial charge < -0.3 is 0 Å². The summed E-state index contributed by atoms with van der Waals surface area (Å²) < 4.78 is 0. The second-order valence-electron chi connectivity index (χ2n) is 3.66. The van der Waals surface area contributed by atoms with Gasteiger partial charge in [-0.2, -0.15) is 0 Å². The maximum atomic E-state index is 3.81. The van der Waals surface area contributed by atoms with Crippen LogP contribution in [0.3, 0.4) is 0 Å². The molecule has 0 bridgehead atoms. The first-order valence-electron chi connectivity index (χ1n) is 7.80. The highest BCUT2D eigenvalue weighted by atomic mass is 14.0. The van der Waals surface area contributed by atoms with Crippen LogP contribution in [0.15, 0.2) is 59.8 Å². The van der Waals surface area contributed by atoms with Crippen molar-refractivity contribution in [3.8, 4) is 0 Å². The minimum atomic E-state index is 1.15. The fourth-order valence-corrected chi connectivity index (χ4v) is 1.15. The van der Waals surface area contributed by atoms with Crippen LogP contribution >= 0.6 is 0 Å². The van der Waals surface area contributed by atoms with E-state index >= 15 is 0 Å². The lowest BCUT2D eigenvalue weighted by Gasteiger charge is -2.01. The smallest absolute Gasteiger partial charge is 0.0231 e. The molecule has 0 saturated heterocycles. The monoisotopic (exact) mass is 278 g/mol. The molecule has 0 radical (unpaired) electrons. The summed E-state index contributed by atoms with van der Waals surface area (Å²) in [6.45, 7) is 27.8. The normalized spacial score (nSPS) is 10.0. The molecule has 0 aromatic heterocycles. The SMILES string of the molecule is C=C/C(C)=C\C(C=C)=C(/C)C=C(C)C.CC.CC.CC. The van der Waals surface area contributed by atoms with E-state index in [1.165, 1.54) is 11.1 Å². The summed E-state index contributed by atoms with van der Waals surface area (Å²) in [6.07, 6.45) is 7.97. The molecule has 0 aromatic carbocycles. The van der Waals surface area contributed by atoms with Crippen molar-refractivity contribution in [3.05, 3.63) is 59.8 Å². The van der Waals surface area contributed by atoms with Crippen molar-refractivity contribution in [1.82, 2.24) is 0 Å². The topological polar surface area (TPSA) is 0 Å². The van der Waals surface area contributed by atoms with Crippen molar-refractivity contribution in [2.24, 2.45) is 0 Å². The Hall–Kier alpha value is -1.30. The van der Waals surface area contributed by atoms with Gasteiger partial charge >= 0.3 is 0 Å². The van der Waals surface area contributed by atoms with Gasteiger partial charge in [-0.25, -0.2) is 0 Å². The minimum absolute atomic E-state index is 1.15. The van der Waals surface area contributed by atoms with E-state index in [-0.39, 0.29) is 0 Å². The predicted octanol–water partition coefficient (Wildman–Crippen LogP) is 7.67. The van der Waals surface area contributed by atoms with Crippen molar-refractivity contribution in [1.29, 1.82) is 0 Å². The van der Waals surface area contributed by atoms with Crippen molar-refractivity contribution in [2.75, 3.05) is 0 Å². The molecule has 0 N–H and O–H groups in total. The Morgan fingerprint density at radius 2 is 1.05 bits per heavy atom. The number of rotatable bonds is 4. The van der Waals surface area contributed by atoms with E-state index in [1.54, 1.807) is 0 Å². The van der Waals surface area contributed by atoms with Crippen LogP contribution in [0.4, 0.5) is 0 Å². The molecule has 0 aliphatic rings. The van der Waals surface area contributed by atoms with E-state index in [0.29, 0.717) is 0 Å². The lowest BCUT2D eigenvalue weighted by atomic mass is 10.0. The highest BCUT2D eigenvalue weighted by molar-refractivity contribution is 5.42. The van der Waals surface area contributed by atoms with Gasteiger partial charge in [0.1, 0.15) is 0 Å². The van der Waals surface area contributed by atoms with Crippen LogP contribution in [0.2, 0.25) is 0 Å². The quantitative estimate of drug-likeness (QED) is 0.463. The molecule has 0 heteroatoms. The van der Waals surface area contributed by atoms with Gasteiger partial charge in [0.25, 0.3) is 0 Å². The minimum Gasteiger partial charge on any atom is -0.0988 e. The molecular weight excluding hydrogens is 240 g/mol. The molecule has 0 amide bonds. The fourth-order valence-electron chi connectivity index (χ4n) is 1.15. The van der Waals surface area contributed by atoms with Crippen molar-refractivity contribution >= 4 is 0 Å². The largest absolute Gasteiger partial charge is 0.0988 e. The Morgan fingerprint density at radius 1 is 0.650 bits per heavy atom. The van der Waals surface area contributed by atoms with Gasteiger partial charge in [0.15, 0.2) is 0 Å². The van der Waals surface area contributed by atoms with E-state index in [4.69, 9.17) is 0 Å². The second-order valence-corrected chi connectivity index (χ2v) is 3.66. The molecule has 0 atom stereocenters. The third-order valence-corrected chi connectivity index (χ3v) is 1.89. The molecule has 0 nitrogen and oxygen atoms in total. The van der Waals surface area contributed by atoms with Gasteiger partial charge in [0, 0.05) is 0 Å². The van der Waals surface area contributed by atoms with Gasteiger partial charge in [0.05, 0.1) is 0 Å². The van der Waals surface area contributed by atoms with E-state index in [1.807, 2.05) is 60.6 Å². The summed E-state index contributed by atoms with van der Waals surface area (Å²) in [6, 6.07) is 0. The molecule has 0 aliphatic heterocycles. The van der Waals surface area contributed by atoms with Crippen LogP contribution < -0.4 is 0 Å². The first kappa shape index (κ1) is 27.1. The molecule has 0 unspecified atom stereocenters. The summed E-state index contributed by atoms with van der Waals surface area (Å²) in [5, 5.41) is 0. The van der Waals surface area contributed by atoms with Crippen LogP contribution in [0.25, 0.3) is 0 Å². The van der Waals surface area contributed by atoms with Crippen molar-refractivity contribution in [3.63, 3.8) is 0 Å². The molecule has 0 heterocycles. The standard InChI is InChI=1S/C14H20.3C2H6/c1-7-12(5)10-14(8-2)13(6)9-11(3)4;3*1-2/h7-10H,1-2H2,3-6H3;3*1-2H3/b12-10-,14-13+;;;. The van der Waals surface area contributed by atoms with E-state index in [2.05, 4.69) is 46.1 Å². The Bertz CT molecular complexity index is 305. The summed E-state index contributed by atoms with van der Waals surface area (Å²) in [4.78, 5) is 0. The van der Waals surface area contributed by atoms with E-state index in [9.17, 15) is 0 Å². The fraction of sp³-hybridized carbons (Fsp3) is 0.500. The molecule has 118 valence electrons. The van der Waals surface area contributed by atoms with Crippen molar-refractivity contribution in [2.45, 2.75) is 69.2 Å². The molecular formula is C20H38. The van der Waals surface area contributed by atoms with Gasteiger partial charge in [0.2, 0.25) is 0 Å². The van der Waals surface area contributed by atoms with Crippen LogP contribution in [0, 0.1) is 0 Å². The Balaban J connectivity index is -0.000000187. The van der Waals surface area contributed by atoms with Crippen LogP contribution in [0.5, 0.6) is 0 Å². The van der Waals surface area contributed by atoms with Crippen molar-refractivity contribution < 1.29 is 0 Å². The Kier molecular flexibility index (Phi) is 31.0. The van der Waals surface area contributed by atoms with E-state index < -0.39 is 0 Å². The first-order valence-corrected chi connectivity index (χ1v) is 7.80. The average Bonchev–Trinajstić information content (AvgIpc) is 2.49. The van der Waals surface area contributed by atoms with Gasteiger partial charge in [-0.05, 0) is 38.8 Å². The molecule has 0 saturated carbocycles. The van der Waals surface area contributed by atoms with Crippen LogP contribution in [0.1, 0.15) is 69.2 Å². The lowest BCUT2D eigenvalue weighted by molar-refractivity contribution is 1.33. The van der Waals surface area contributed by atoms with Gasteiger partial charge in [-0.3, -0.25) is 0 Å². The third kappa shape index (κ3) is 19.0. The molecule has 0 aromatic rings. The Morgan fingerprint density at radius 3 is 1.30 bits per heavy atom. The number of allylic oxidation sites excluding steroid dienone is 8. The van der Waals surface area contributed by atoms with Crippen LogP contribution in [-0.4, -0.2) is 0 Å². The zero-order valence-corrected chi connectivity index (χ0v) is 15.7. The molecule has 0 aliphatic carbocycles. The van der Waals surface area contributed by atoms with Crippen LogP contribution in [-0.2, 0) is 0 Å². The summed E-state index contributed by atoms with van der Waals surface area (Å²) in [5.41, 5.74) is 4.85. The van der Waals surface area contributed by atoms with Gasteiger partial charge in [-0.15, -0.1) is 0 Å². The molecule has 0 rings (SSSR count). The summed E-state index contributed by atoms with van der Waals surface area (Å²) >= 11 is 0. The highest BCUT2D eigenvalue weighted by Crippen LogP contribution is 2.13. The van der Waals surface area contributed by atoms with Gasteiger partial charge in [-0.1, -0.05) is 90.2 Å². The zero-order chi connectivity index (χ0) is 17.1. The molecule has 0 fully saturated rings. The first-order chi connectivity index (χ1) is 9.51. The maximum Gasteiger partial charge on any atom is -0.0231 e. The second kappa shape index (κ2) is 22.8. The highest BCUT2D eigenvalue weighted by Gasteiger charge is 1.93. The number of hydrogen-bond donors (Lipinski definition) is 0. The zero-order valence-electron chi connectivity index (χ0n) is 15.7. The third-order valence-electron chi connectivity index (χ3n) is 1.89. The average molecular weight is 279 g/mol. The Labute approximate surface area is 129 Å². The molecule has 20 heavy (non-hydrogen) atoms. The lowest BCUT2D eigenvalue weighted by Crippen LogP contribution is -1.81. The number of hydrogen-bond acceptors (Lipinski definition) is 0. The summed E-state index contributed by atoms with van der Waals surface area (Å²) in [7, 11) is 0. The van der Waals surface area contributed by atoms with E-state index in [0.717, 1.165) is 11.1 Å². The predicted molar refractivity (Wildman–Crippen MR) is 100 cm³/mol. The maximum absolute atomic E-state index is 3.81. The summed E-state index contributed by atoms with van der Waals surface area (Å²) in [5.74, 6) is 0. The molecule has 0 spiro atoms.